The summed E-state index contributed by atoms with van der Waals surface area (Å²) >= 11 is 0. The molecule has 2 heterocycles. The van der Waals surface area contributed by atoms with Crippen LogP contribution in [0.2, 0.25) is 0 Å². The molecule has 3 rings (SSSR count). The fraction of sp³-hybridized carbons (Fsp3) is 0.267. The van der Waals surface area contributed by atoms with Gasteiger partial charge in [0, 0.05) is 12.7 Å². The predicted molar refractivity (Wildman–Crippen MR) is 85.1 cm³/mol. The van der Waals surface area contributed by atoms with E-state index in [0.717, 1.165) is 11.1 Å². The van der Waals surface area contributed by atoms with Crippen molar-refractivity contribution >= 4 is 22.8 Å². The van der Waals surface area contributed by atoms with E-state index < -0.39 is 5.56 Å². The number of benzene rings is 1. The molecule has 1 amide bonds. The smallest absolute Gasteiger partial charge is 0.283 e. The molecule has 0 saturated heterocycles. The van der Waals surface area contributed by atoms with Crippen molar-refractivity contribution in [1.29, 1.82) is 0 Å². The van der Waals surface area contributed by atoms with E-state index in [4.69, 9.17) is 0 Å². The summed E-state index contributed by atoms with van der Waals surface area (Å²) in [6.45, 7) is 3.84. The Morgan fingerprint density at radius 3 is 2.78 bits per heavy atom. The molecule has 0 saturated carbocycles. The van der Waals surface area contributed by atoms with E-state index in [-0.39, 0.29) is 18.0 Å². The number of hydrogen-bond acceptors (Lipinski definition) is 5. The molecule has 1 aromatic carbocycles. The first-order valence-electron chi connectivity index (χ1n) is 7.07. The number of nitrogens with zero attached hydrogens (tertiary/aromatic N) is 5. The second-order valence-corrected chi connectivity index (χ2v) is 5.41. The molecule has 0 radical (unpaired) electrons. The SMILES string of the molecule is Cc1ccc(NC(=O)Cn2cnc3c(nnn3C)c2=O)cc1C. The van der Waals surface area contributed by atoms with E-state index in [1.165, 1.54) is 15.6 Å². The minimum absolute atomic E-state index is 0.134. The van der Waals surface area contributed by atoms with Gasteiger partial charge in [-0.1, -0.05) is 11.3 Å². The highest BCUT2D eigenvalue weighted by Crippen LogP contribution is 2.14. The van der Waals surface area contributed by atoms with Gasteiger partial charge in [0.15, 0.2) is 11.2 Å². The lowest BCUT2D eigenvalue weighted by molar-refractivity contribution is -0.116. The molecule has 0 unspecified atom stereocenters. The average molecular weight is 312 g/mol. The first kappa shape index (κ1) is 14.9. The lowest BCUT2D eigenvalue weighted by Gasteiger charge is -2.08. The Balaban J connectivity index is 1.81. The lowest BCUT2D eigenvalue weighted by Crippen LogP contribution is -2.28. The van der Waals surface area contributed by atoms with Crippen LogP contribution in [0.15, 0.2) is 29.3 Å². The Labute approximate surface area is 131 Å². The average Bonchev–Trinajstić information content (AvgIpc) is 2.88. The van der Waals surface area contributed by atoms with E-state index >= 15 is 0 Å². The van der Waals surface area contributed by atoms with Gasteiger partial charge in [-0.2, -0.15) is 0 Å². The van der Waals surface area contributed by atoms with Gasteiger partial charge in [-0.05, 0) is 37.1 Å². The number of anilines is 1. The number of amides is 1. The molecule has 8 nitrogen and oxygen atoms in total. The highest BCUT2D eigenvalue weighted by molar-refractivity contribution is 5.90. The van der Waals surface area contributed by atoms with Crippen molar-refractivity contribution in [3.8, 4) is 0 Å². The molecular formula is C15H16N6O2. The van der Waals surface area contributed by atoms with E-state index in [1.807, 2.05) is 32.0 Å². The molecule has 2 aromatic heterocycles. The Hall–Kier alpha value is -3.03. The third kappa shape index (κ3) is 2.83. The van der Waals surface area contributed by atoms with Crippen LogP contribution in [0.5, 0.6) is 0 Å². The highest BCUT2D eigenvalue weighted by Gasteiger charge is 2.12. The van der Waals surface area contributed by atoms with Crippen LogP contribution in [-0.4, -0.2) is 30.5 Å². The largest absolute Gasteiger partial charge is 0.325 e. The van der Waals surface area contributed by atoms with Gasteiger partial charge in [-0.3, -0.25) is 14.2 Å². The van der Waals surface area contributed by atoms with Gasteiger partial charge >= 0.3 is 0 Å². The molecule has 0 fully saturated rings. The van der Waals surface area contributed by atoms with Crippen molar-refractivity contribution in [3.05, 3.63) is 46.0 Å². The Kier molecular flexibility index (Phi) is 3.65. The molecular weight excluding hydrogens is 296 g/mol. The summed E-state index contributed by atoms with van der Waals surface area (Å²) in [6.07, 6.45) is 1.33. The summed E-state index contributed by atoms with van der Waals surface area (Å²) in [5.41, 5.74) is 3.08. The van der Waals surface area contributed by atoms with Crippen LogP contribution in [0, 0.1) is 13.8 Å². The molecule has 0 aliphatic carbocycles. The van der Waals surface area contributed by atoms with E-state index in [2.05, 4.69) is 20.6 Å². The molecule has 3 aromatic rings. The van der Waals surface area contributed by atoms with Crippen LogP contribution in [-0.2, 0) is 18.4 Å². The fourth-order valence-electron chi connectivity index (χ4n) is 2.24. The van der Waals surface area contributed by atoms with Crippen molar-refractivity contribution in [2.24, 2.45) is 7.05 Å². The quantitative estimate of drug-likeness (QED) is 0.771. The zero-order chi connectivity index (χ0) is 16.6. The number of aryl methyl sites for hydroxylation is 3. The zero-order valence-corrected chi connectivity index (χ0v) is 13.1. The van der Waals surface area contributed by atoms with E-state index in [0.29, 0.717) is 11.3 Å². The number of carbonyl (C=O) groups is 1. The van der Waals surface area contributed by atoms with Crippen molar-refractivity contribution in [2.45, 2.75) is 20.4 Å². The van der Waals surface area contributed by atoms with Gasteiger partial charge in [-0.25, -0.2) is 9.67 Å². The minimum Gasteiger partial charge on any atom is -0.325 e. The number of fused-ring (bicyclic) bond motifs is 1. The third-order valence-electron chi connectivity index (χ3n) is 3.68. The second-order valence-electron chi connectivity index (χ2n) is 5.41. The number of nitrogens with one attached hydrogen (secondary N) is 1. The number of hydrogen-bond donors (Lipinski definition) is 1. The molecule has 0 spiro atoms. The molecule has 23 heavy (non-hydrogen) atoms. The van der Waals surface area contributed by atoms with Gasteiger partial charge in [0.2, 0.25) is 5.91 Å². The molecule has 0 aliphatic heterocycles. The molecule has 0 aliphatic rings. The van der Waals surface area contributed by atoms with Crippen LogP contribution < -0.4 is 10.9 Å². The van der Waals surface area contributed by atoms with Gasteiger partial charge in [0.05, 0.1) is 0 Å². The number of aromatic nitrogens is 5. The van der Waals surface area contributed by atoms with Gasteiger partial charge in [-0.15, -0.1) is 5.10 Å². The lowest BCUT2D eigenvalue weighted by atomic mass is 10.1. The second kappa shape index (κ2) is 5.64. The van der Waals surface area contributed by atoms with Crippen molar-refractivity contribution in [2.75, 3.05) is 5.32 Å². The topological polar surface area (TPSA) is 94.7 Å². The third-order valence-corrected chi connectivity index (χ3v) is 3.68. The van der Waals surface area contributed by atoms with Gasteiger partial charge in [0.25, 0.3) is 5.56 Å². The summed E-state index contributed by atoms with van der Waals surface area (Å²) in [5.74, 6) is -0.305. The van der Waals surface area contributed by atoms with Crippen LogP contribution in [0.1, 0.15) is 11.1 Å². The van der Waals surface area contributed by atoms with Crippen LogP contribution >= 0.6 is 0 Å². The van der Waals surface area contributed by atoms with Crippen molar-refractivity contribution < 1.29 is 4.79 Å². The molecule has 0 bridgehead atoms. The predicted octanol–water partition coefficient (Wildman–Crippen LogP) is 0.781. The number of rotatable bonds is 3. The summed E-state index contributed by atoms with van der Waals surface area (Å²) in [4.78, 5) is 28.5. The molecule has 0 atom stereocenters. The summed E-state index contributed by atoms with van der Waals surface area (Å²) in [5, 5.41) is 10.3. The monoisotopic (exact) mass is 312 g/mol. The van der Waals surface area contributed by atoms with E-state index in [1.54, 1.807) is 7.05 Å². The minimum atomic E-state index is -0.390. The first-order chi connectivity index (χ1) is 11.0. The standard InChI is InChI=1S/C15H16N6O2/c1-9-4-5-11(6-10(9)2)17-12(22)7-21-8-16-14-13(15(21)23)18-19-20(14)3/h4-6,8H,7H2,1-3H3,(H,17,22). The summed E-state index contributed by atoms with van der Waals surface area (Å²) in [7, 11) is 1.65. The van der Waals surface area contributed by atoms with E-state index in [9.17, 15) is 9.59 Å². The van der Waals surface area contributed by atoms with Gasteiger partial charge in [0.1, 0.15) is 12.9 Å². The first-order valence-corrected chi connectivity index (χ1v) is 7.07. The van der Waals surface area contributed by atoms with Crippen molar-refractivity contribution in [3.63, 3.8) is 0 Å². The normalized spacial score (nSPS) is 10.9. The summed E-state index contributed by atoms with van der Waals surface area (Å²) < 4.78 is 2.63. The van der Waals surface area contributed by atoms with Gasteiger partial charge < -0.3 is 5.32 Å². The Bertz CT molecular complexity index is 956. The van der Waals surface area contributed by atoms with Crippen molar-refractivity contribution in [1.82, 2.24) is 24.5 Å². The van der Waals surface area contributed by atoms with Crippen LogP contribution in [0.4, 0.5) is 5.69 Å². The van der Waals surface area contributed by atoms with Crippen LogP contribution in [0.25, 0.3) is 11.2 Å². The Morgan fingerprint density at radius 2 is 2.04 bits per heavy atom. The maximum absolute atomic E-state index is 12.3. The Morgan fingerprint density at radius 1 is 1.26 bits per heavy atom. The molecule has 1 N–H and O–H groups in total. The summed E-state index contributed by atoms with van der Waals surface area (Å²) in [6, 6.07) is 5.65. The molecule has 118 valence electrons. The maximum atomic E-state index is 12.3. The molecule has 8 heteroatoms. The maximum Gasteiger partial charge on any atom is 0.283 e. The number of carbonyl (C=O) groups excluding carboxylic acids is 1. The fourth-order valence-corrected chi connectivity index (χ4v) is 2.24. The van der Waals surface area contributed by atoms with Crippen LogP contribution in [0.3, 0.4) is 0 Å². The zero-order valence-electron chi connectivity index (χ0n) is 13.1. The highest BCUT2D eigenvalue weighted by atomic mass is 16.2.